The molecule has 0 aliphatic carbocycles. The lowest BCUT2D eigenvalue weighted by atomic mass is 10.2. The number of nitrogens with zero attached hydrogens (tertiary/aromatic N) is 2. The minimum atomic E-state index is -0.0558. The first-order chi connectivity index (χ1) is 10.1. The Morgan fingerprint density at radius 2 is 1.81 bits per heavy atom. The zero-order valence-electron chi connectivity index (χ0n) is 12.1. The van der Waals surface area contributed by atoms with Gasteiger partial charge in [-0.25, -0.2) is 0 Å². The van der Waals surface area contributed by atoms with E-state index < -0.39 is 0 Å². The topological polar surface area (TPSA) is 45.2 Å². The number of pyridine rings is 1. The monoisotopic (exact) mass is 303 g/mol. The molecule has 21 heavy (non-hydrogen) atoms. The van der Waals surface area contributed by atoms with Gasteiger partial charge >= 0.3 is 0 Å². The number of anilines is 2. The van der Waals surface area contributed by atoms with Crippen molar-refractivity contribution in [3.63, 3.8) is 0 Å². The largest absolute Gasteiger partial charge is 0.355 e. The summed E-state index contributed by atoms with van der Waals surface area (Å²) < 4.78 is 0. The molecule has 0 spiro atoms. The molecule has 0 atom stereocenters. The van der Waals surface area contributed by atoms with Crippen LogP contribution in [0.1, 0.15) is 24.3 Å². The van der Waals surface area contributed by atoms with Crippen molar-refractivity contribution in [2.24, 2.45) is 0 Å². The maximum Gasteiger partial charge on any atom is 0.272 e. The standard InChI is InChI=1S/C16H18ClN3O/c1-3-20(4-2)16(21)15-11-14(9-10-18-15)19-13-7-5-12(17)6-8-13/h5-11H,3-4H2,1-2H3,(H,18,19). The lowest BCUT2D eigenvalue weighted by molar-refractivity contribution is 0.0767. The normalized spacial score (nSPS) is 10.2. The number of carbonyl (C=O) groups excluding carboxylic acids is 1. The molecule has 0 aliphatic heterocycles. The summed E-state index contributed by atoms with van der Waals surface area (Å²) in [5.74, 6) is -0.0558. The first-order valence-corrected chi connectivity index (χ1v) is 7.29. The summed E-state index contributed by atoms with van der Waals surface area (Å²) in [6.07, 6.45) is 1.63. The van der Waals surface area contributed by atoms with Crippen molar-refractivity contribution in [1.82, 2.24) is 9.88 Å². The third-order valence-corrected chi connectivity index (χ3v) is 3.41. The van der Waals surface area contributed by atoms with Gasteiger partial charge in [0, 0.05) is 35.7 Å². The van der Waals surface area contributed by atoms with Crippen LogP contribution in [0, 0.1) is 0 Å². The number of hydrogen-bond acceptors (Lipinski definition) is 3. The predicted octanol–water partition coefficient (Wildman–Crippen LogP) is 3.96. The number of amides is 1. The van der Waals surface area contributed by atoms with Gasteiger partial charge in [0.1, 0.15) is 5.69 Å². The number of carbonyl (C=O) groups is 1. The Kier molecular flexibility index (Phi) is 5.17. The van der Waals surface area contributed by atoms with Crippen LogP contribution in [-0.2, 0) is 0 Å². The number of benzene rings is 1. The zero-order chi connectivity index (χ0) is 15.2. The molecule has 0 radical (unpaired) electrons. The molecule has 0 aliphatic rings. The van der Waals surface area contributed by atoms with Crippen LogP contribution in [0.25, 0.3) is 0 Å². The smallest absolute Gasteiger partial charge is 0.272 e. The summed E-state index contributed by atoms with van der Waals surface area (Å²) in [6.45, 7) is 5.26. The lowest BCUT2D eigenvalue weighted by Crippen LogP contribution is -2.31. The summed E-state index contributed by atoms with van der Waals surface area (Å²) >= 11 is 5.86. The van der Waals surface area contributed by atoms with Crippen molar-refractivity contribution in [3.05, 3.63) is 53.3 Å². The average molecular weight is 304 g/mol. The Hall–Kier alpha value is -2.07. The highest BCUT2D eigenvalue weighted by Crippen LogP contribution is 2.19. The molecule has 2 aromatic rings. The molecule has 1 aromatic heterocycles. The van der Waals surface area contributed by atoms with Crippen molar-refractivity contribution in [3.8, 4) is 0 Å². The second-order valence-corrected chi connectivity index (χ2v) is 4.98. The van der Waals surface area contributed by atoms with Gasteiger partial charge in [0.15, 0.2) is 0 Å². The maximum atomic E-state index is 12.3. The minimum Gasteiger partial charge on any atom is -0.355 e. The van der Waals surface area contributed by atoms with Crippen molar-refractivity contribution in [1.29, 1.82) is 0 Å². The first kappa shape index (κ1) is 15.3. The Morgan fingerprint density at radius 3 is 2.43 bits per heavy atom. The van der Waals surface area contributed by atoms with Gasteiger partial charge in [-0.2, -0.15) is 0 Å². The fourth-order valence-corrected chi connectivity index (χ4v) is 2.12. The molecule has 4 nitrogen and oxygen atoms in total. The van der Waals surface area contributed by atoms with Gasteiger partial charge in [0.05, 0.1) is 0 Å². The van der Waals surface area contributed by atoms with Gasteiger partial charge in [-0.05, 0) is 50.2 Å². The number of aromatic nitrogens is 1. The van der Waals surface area contributed by atoms with Crippen LogP contribution in [0.4, 0.5) is 11.4 Å². The van der Waals surface area contributed by atoms with E-state index in [9.17, 15) is 4.79 Å². The number of hydrogen-bond donors (Lipinski definition) is 1. The van der Waals surface area contributed by atoms with Crippen LogP contribution in [0.5, 0.6) is 0 Å². The summed E-state index contributed by atoms with van der Waals surface area (Å²) in [7, 11) is 0. The Labute approximate surface area is 129 Å². The maximum absolute atomic E-state index is 12.3. The summed E-state index contributed by atoms with van der Waals surface area (Å²) in [5.41, 5.74) is 2.17. The van der Waals surface area contributed by atoms with E-state index in [1.54, 1.807) is 17.2 Å². The van der Waals surface area contributed by atoms with Gasteiger partial charge in [-0.1, -0.05) is 11.6 Å². The Morgan fingerprint density at radius 1 is 1.14 bits per heavy atom. The van der Waals surface area contributed by atoms with Crippen LogP contribution in [0.2, 0.25) is 5.02 Å². The molecule has 2 rings (SSSR count). The molecule has 0 bridgehead atoms. The highest BCUT2D eigenvalue weighted by atomic mass is 35.5. The van der Waals surface area contributed by atoms with Gasteiger partial charge in [-0.3, -0.25) is 9.78 Å². The summed E-state index contributed by atoms with van der Waals surface area (Å²) in [4.78, 5) is 18.2. The molecule has 0 fully saturated rings. The molecule has 1 N–H and O–H groups in total. The van der Waals surface area contributed by atoms with Gasteiger partial charge < -0.3 is 10.2 Å². The average Bonchev–Trinajstić information content (AvgIpc) is 2.51. The van der Waals surface area contributed by atoms with E-state index in [-0.39, 0.29) is 5.91 Å². The molecule has 0 saturated carbocycles. The van der Waals surface area contributed by atoms with Crippen molar-refractivity contribution in [2.45, 2.75) is 13.8 Å². The molecule has 5 heteroatoms. The lowest BCUT2D eigenvalue weighted by Gasteiger charge is -2.18. The molecule has 0 unspecified atom stereocenters. The minimum absolute atomic E-state index is 0.0558. The highest BCUT2D eigenvalue weighted by Gasteiger charge is 2.14. The van der Waals surface area contributed by atoms with Gasteiger partial charge in [0.2, 0.25) is 0 Å². The second kappa shape index (κ2) is 7.09. The van der Waals surface area contributed by atoms with Crippen molar-refractivity contribution in [2.75, 3.05) is 18.4 Å². The van der Waals surface area contributed by atoms with Crippen molar-refractivity contribution < 1.29 is 4.79 Å². The van der Waals surface area contributed by atoms with Crippen LogP contribution >= 0.6 is 11.6 Å². The van der Waals surface area contributed by atoms with Gasteiger partial charge in [0.25, 0.3) is 5.91 Å². The molecular weight excluding hydrogens is 286 g/mol. The first-order valence-electron chi connectivity index (χ1n) is 6.92. The second-order valence-electron chi connectivity index (χ2n) is 4.54. The molecule has 1 heterocycles. The van der Waals surface area contributed by atoms with E-state index in [1.165, 1.54) is 0 Å². The van der Waals surface area contributed by atoms with E-state index in [4.69, 9.17) is 11.6 Å². The fraction of sp³-hybridized carbons (Fsp3) is 0.250. The van der Waals surface area contributed by atoms with E-state index >= 15 is 0 Å². The third-order valence-electron chi connectivity index (χ3n) is 3.16. The van der Waals surface area contributed by atoms with Crippen LogP contribution in [-0.4, -0.2) is 28.9 Å². The molecule has 0 saturated heterocycles. The molecule has 1 amide bonds. The van der Waals surface area contributed by atoms with E-state index in [1.807, 2.05) is 44.2 Å². The van der Waals surface area contributed by atoms with E-state index in [0.717, 1.165) is 11.4 Å². The predicted molar refractivity (Wildman–Crippen MR) is 86.2 cm³/mol. The molecule has 1 aromatic carbocycles. The van der Waals surface area contributed by atoms with E-state index in [2.05, 4.69) is 10.3 Å². The number of nitrogens with one attached hydrogen (secondary N) is 1. The van der Waals surface area contributed by atoms with Gasteiger partial charge in [-0.15, -0.1) is 0 Å². The summed E-state index contributed by atoms with van der Waals surface area (Å²) in [6, 6.07) is 11.0. The number of rotatable bonds is 5. The van der Waals surface area contributed by atoms with Crippen LogP contribution < -0.4 is 5.32 Å². The fourth-order valence-electron chi connectivity index (χ4n) is 2.00. The van der Waals surface area contributed by atoms with Crippen molar-refractivity contribution >= 4 is 28.9 Å². The van der Waals surface area contributed by atoms with Crippen LogP contribution in [0.15, 0.2) is 42.6 Å². The number of halogens is 1. The SMILES string of the molecule is CCN(CC)C(=O)c1cc(Nc2ccc(Cl)cc2)ccn1. The van der Waals surface area contributed by atoms with Crippen LogP contribution in [0.3, 0.4) is 0 Å². The van der Waals surface area contributed by atoms with E-state index in [0.29, 0.717) is 23.8 Å². The third kappa shape index (κ3) is 3.95. The highest BCUT2D eigenvalue weighted by molar-refractivity contribution is 6.30. The quantitative estimate of drug-likeness (QED) is 0.909. The Balaban J connectivity index is 2.17. The Bertz CT molecular complexity index is 609. The zero-order valence-corrected chi connectivity index (χ0v) is 12.9. The molecule has 110 valence electrons. The molecular formula is C16H18ClN3O. The summed E-state index contributed by atoms with van der Waals surface area (Å²) in [5, 5.41) is 3.92.